The Morgan fingerprint density at radius 1 is 1.18 bits per heavy atom. The van der Waals surface area contributed by atoms with E-state index in [1.807, 2.05) is 0 Å². The molecule has 1 aliphatic rings. The lowest BCUT2D eigenvalue weighted by Gasteiger charge is -2.30. The number of nitrogens with one attached hydrogen (secondary N) is 1. The predicted octanol–water partition coefficient (Wildman–Crippen LogP) is 3.79. The summed E-state index contributed by atoms with van der Waals surface area (Å²) in [4.78, 5) is 28.4. The average Bonchev–Trinajstić information content (AvgIpc) is 3.20. The third-order valence-electron chi connectivity index (χ3n) is 5.47. The van der Waals surface area contributed by atoms with Crippen LogP contribution in [0.2, 0.25) is 0 Å². The lowest BCUT2D eigenvalue weighted by molar-refractivity contribution is -0.120. The number of hydrogen-bond acceptors (Lipinski definition) is 7. The number of anilines is 1. The molecule has 0 atom stereocenters. The fourth-order valence-corrected chi connectivity index (χ4v) is 6.13. The minimum atomic E-state index is -4.14. The van der Waals surface area contributed by atoms with Gasteiger partial charge in [0.25, 0.3) is 0 Å². The summed E-state index contributed by atoms with van der Waals surface area (Å²) in [7, 11) is -4.14. The number of sulfonamides is 1. The van der Waals surface area contributed by atoms with Gasteiger partial charge in [-0.3, -0.25) is 4.79 Å². The summed E-state index contributed by atoms with van der Waals surface area (Å²) in [6.07, 6.45) is 0.484. The Morgan fingerprint density at radius 3 is 2.59 bits per heavy atom. The Kier molecular flexibility index (Phi) is 6.91. The minimum absolute atomic E-state index is 0.0278. The van der Waals surface area contributed by atoms with E-state index < -0.39 is 38.4 Å². The second-order valence-corrected chi connectivity index (χ2v) is 10.6. The molecule has 1 saturated heterocycles. The van der Waals surface area contributed by atoms with E-state index in [0.717, 1.165) is 16.4 Å². The fourth-order valence-electron chi connectivity index (χ4n) is 3.71. The van der Waals surface area contributed by atoms with Crippen molar-refractivity contribution in [1.82, 2.24) is 9.29 Å². The van der Waals surface area contributed by atoms with Crippen LogP contribution in [0.1, 0.15) is 30.1 Å². The number of carbonyl (C=O) groups excluding carboxylic acids is 2. The molecule has 12 heteroatoms. The number of halogens is 2. The van der Waals surface area contributed by atoms with E-state index in [4.69, 9.17) is 4.74 Å². The number of benzene rings is 2. The topological polar surface area (TPSA) is 106 Å². The zero-order valence-electron chi connectivity index (χ0n) is 18.1. The molecule has 0 aliphatic carbocycles. The highest BCUT2D eigenvalue weighted by molar-refractivity contribution is 7.89. The Balaban J connectivity index is 1.40. The molecule has 1 N–H and O–H groups in total. The zero-order valence-corrected chi connectivity index (χ0v) is 19.7. The summed E-state index contributed by atoms with van der Waals surface area (Å²) in [5, 5.41) is 3.12. The van der Waals surface area contributed by atoms with Crippen LogP contribution in [0.3, 0.4) is 0 Å². The molecule has 8 nitrogen and oxygen atoms in total. The van der Waals surface area contributed by atoms with Crippen molar-refractivity contribution < 1.29 is 31.5 Å². The molecule has 2 aromatic carbocycles. The molecule has 34 heavy (non-hydrogen) atoms. The molecule has 1 aromatic heterocycles. The van der Waals surface area contributed by atoms with Crippen molar-refractivity contribution in [3.63, 3.8) is 0 Å². The maximum atomic E-state index is 14.0. The summed E-state index contributed by atoms with van der Waals surface area (Å²) in [5.74, 6) is -3.20. The van der Waals surface area contributed by atoms with Crippen LogP contribution < -0.4 is 5.32 Å². The minimum Gasteiger partial charge on any atom is -0.462 e. The lowest BCUT2D eigenvalue weighted by Crippen LogP contribution is -2.41. The molecule has 0 radical (unpaired) electrons. The van der Waals surface area contributed by atoms with Gasteiger partial charge in [0, 0.05) is 25.1 Å². The second kappa shape index (κ2) is 9.72. The van der Waals surface area contributed by atoms with Crippen LogP contribution in [-0.4, -0.2) is 49.3 Å². The van der Waals surface area contributed by atoms with Gasteiger partial charge < -0.3 is 10.1 Å². The van der Waals surface area contributed by atoms with Crippen molar-refractivity contribution >= 4 is 48.6 Å². The molecule has 0 unspecified atom stereocenters. The van der Waals surface area contributed by atoms with E-state index in [9.17, 15) is 26.8 Å². The Bertz CT molecular complexity index is 1350. The lowest BCUT2D eigenvalue weighted by atomic mass is 9.97. The molecular formula is C22H21F2N3O5S2. The summed E-state index contributed by atoms with van der Waals surface area (Å²) in [6, 6.07) is 7.25. The van der Waals surface area contributed by atoms with Gasteiger partial charge >= 0.3 is 5.97 Å². The van der Waals surface area contributed by atoms with Crippen LogP contribution in [0, 0.1) is 17.6 Å². The third kappa shape index (κ3) is 4.93. The molecule has 3 aromatic rings. The fraction of sp³-hybridized carbons (Fsp3) is 0.318. The monoisotopic (exact) mass is 509 g/mol. The van der Waals surface area contributed by atoms with Crippen molar-refractivity contribution in [3.8, 4) is 0 Å². The van der Waals surface area contributed by atoms with E-state index in [1.165, 1.54) is 11.3 Å². The number of nitrogens with zero attached hydrogens (tertiary/aromatic N) is 2. The third-order valence-corrected chi connectivity index (χ3v) is 8.33. The second-order valence-electron chi connectivity index (χ2n) is 7.66. The van der Waals surface area contributed by atoms with Gasteiger partial charge in [0.2, 0.25) is 15.9 Å². The first kappa shape index (κ1) is 24.2. The number of piperidine rings is 1. The number of rotatable bonds is 6. The number of aromatic nitrogens is 1. The smallest absolute Gasteiger partial charge is 0.338 e. The average molecular weight is 510 g/mol. The zero-order chi connectivity index (χ0) is 24.5. The van der Waals surface area contributed by atoms with E-state index in [2.05, 4.69) is 10.3 Å². The normalized spacial score (nSPS) is 15.4. The molecule has 0 saturated carbocycles. The van der Waals surface area contributed by atoms with Crippen molar-refractivity contribution in [2.75, 3.05) is 25.0 Å². The molecule has 180 valence electrons. The Morgan fingerprint density at radius 2 is 1.91 bits per heavy atom. The molecule has 0 spiro atoms. The van der Waals surface area contributed by atoms with Gasteiger partial charge in [0.1, 0.15) is 16.5 Å². The standard InChI is InChI=1S/C22H21F2N3O5S2/c1-2-32-21(29)14-3-5-17-18(11-14)33-22(25-17)26-20(28)13-7-9-27(10-8-13)34(30,31)19-6-4-15(23)12-16(19)24/h3-6,11-13H,2,7-10H2,1H3,(H,25,26,28). The quantitative estimate of drug-likeness (QED) is 0.507. The number of esters is 1. The van der Waals surface area contributed by atoms with Gasteiger partial charge in [-0.1, -0.05) is 11.3 Å². The van der Waals surface area contributed by atoms with E-state index in [-0.39, 0.29) is 38.4 Å². The van der Waals surface area contributed by atoms with Crippen LogP contribution in [0.15, 0.2) is 41.3 Å². The first-order valence-corrected chi connectivity index (χ1v) is 12.8. The van der Waals surface area contributed by atoms with Crippen molar-refractivity contribution in [3.05, 3.63) is 53.6 Å². The van der Waals surface area contributed by atoms with E-state index in [0.29, 0.717) is 27.0 Å². The molecular weight excluding hydrogens is 488 g/mol. The van der Waals surface area contributed by atoms with E-state index >= 15 is 0 Å². The Hall–Kier alpha value is -2.96. The molecule has 1 aliphatic heterocycles. The number of hydrogen-bond donors (Lipinski definition) is 1. The van der Waals surface area contributed by atoms with Crippen LogP contribution >= 0.6 is 11.3 Å². The van der Waals surface area contributed by atoms with Gasteiger partial charge in [-0.15, -0.1) is 0 Å². The first-order valence-electron chi connectivity index (χ1n) is 10.5. The number of carbonyl (C=O) groups is 2. The maximum absolute atomic E-state index is 14.0. The van der Waals surface area contributed by atoms with Crippen molar-refractivity contribution in [2.24, 2.45) is 5.92 Å². The largest absolute Gasteiger partial charge is 0.462 e. The molecule has 2 heterocycles. The van der Waals surface area contributed by atoms with Crippen LogP contribution in [0.4, 0.5) is 13.9 Å². The maximum Gasteiger partial charge on any atom is 0.338 e. The van der Waals surface area contributed by atoms with Gasteiger partial charge in [-0.25, -0.2) is 27.0 Å². The summed E-state index contributed by atoms with van der Waals surface area (Å²) in [6.45, 7) is 2.04. The highest BCUT2D eigenvalue weighted by atomic mass is 32.2. The summed E-state index contributed by atoms with van der Waals surface area (Å²) in [5.41, 5.74) is 1.01. The van der Waals surface area contributed by atoms with Crippen LogP contribution in [-0.2, 0) is 19.6 Å². The van der Waals surface area contributed by atoms with E-state index in [1.54, 1.807) is 25.1 Å². The number of thiazole rings is 1. The van der Waals surface area contributed by atoms with Crippen LogP contribution in [0.5, 0.6) is 0 Å². The van der Waals surface area contributed by atoms with Gasteiger partial charge in [-0.2, -0.15) is 4.31 Å². The molecule has 1 fully saturated rings. The van der Waals surface area contributed by atoms with Crippen molar-refractivity contribution in [2.45, 2.75) is 24.7 Å². The molecule has 0 bridgehead atoms. The summed E-state index contributed by atoms with van der Waals surface area (Å²) < 4.78 is 59.4. The SMILES string of the molecule is CCOC(=O)c1ccc2nc(NC(=O)C3CCN(S(=O)(=O)c4ccc(F)cc4F)CC3)sc2c1. The first-order chi connectivity index (χ1) is 16.2. The highest BCUT2D eigenvalue weighted by Crippen LogP contribution is 2.30. The van der Waals surface area contributed by atoms with Gasteiger partial charge in [0.15, 0.2) is 5.13 Å². The summed E-state index contributed by atoms with van der Waals surface area (Å²) >= 11 is 1.21. The van der Waals surface area contributed by atoms with Crippen LogP contribution in [0.25, 0.3) is 10.2 Å². The number of ether oxygens (including phenoxy) is 1. The molecule has 4 rings (SSSR count). The number of amides is 1. The predicted molar refractivity (Wildman–Crippen MR) is 122 cm³/mol. The van der Waals surface area contributed by atoms with Gasteiger partial charge in [0.05, 0.1) is 22.4 Å². The highest BCUT2D eigenvalue weighted by Gasteiger charge is 2.34. The van der Waals surface area contributed by atoms with Crippen molar-refractivity contribution in [1.29, 1.82) is 0 Å². The Labute approximate surface area is 198 Å². The van der Waals surface area contributed by atoms with Gasteiger partial charge in [-0.05, 0) is 50.1 Å². The molecule has 1 amide bonds. The number of fused-ring (bicyclic) bond motifs is 1.